The van der Waals surface area contributed by atoms with Crippen LogP contribution in [-0.4, -0.2) is 30.9 Å². The fourth-order valence-electron chi connectivity index (χ4n) is 3.20. The summed E-state index contributed by atoms with van der Waals surface area (Å²) in [5, 5.41) is 11.6. The second-order valence-corrected chi connectivity index (χ2v) is 7.12. The highest BCUT2D eigenvalue weighted by atomic mass is 16.5. The van der Waals surface area contributed by atoms with E-state index in [9.17, 15) is 14.4 Å². The van der Waals surface area contributed by atoms with Gasteiger partial charge in [-0.05, 0) is 29.8 Å². The monoisotopic (exact) mass is 441 g/mol. The Balaban J connectivity index is 1.64. The van der Waals surface area contributed by atoms with Crippen LogP contribution in [0.2, 0.25) is 0 Å². The summed E-state index contributed by atoms with van der Waals surface area (Å²) in [6.07, 6.45) is 0.304. The number of para-hydroxylation sites is 2. The normalized spacial score (nSPS) is 10.0. The number of esters is 1. The first-order chi connectivity index (χ1) is 16.1. The zero-order valence-electron chi connectivity index (χ0n) is 17.9. The van der Waals surface area contributed by atoms with Crippen LogP contribution in [0.1, 0.15) is 22.3 Å². The average Bonchev–Trinajstić information content (AvgIpc) is 2.84. The van der Waals surface area contributed by atoms with Gasteiger partial charge >= 0.3 is 5.97 Å². The number of anilines is 2. The summed E-state index contributed by atoms with van der Waals surface area (Å²) >= 11 is 0. The second kappa shape index (κ2) is 11.8. The number of hydrogen-bond donors (Lipinski definition) is 1. The average molecular weight is 441 g/mol. The van der Waals surface area contributed by atoms with Gasteiger partial charge in [0.2, 0.25) is 5.91 Å². The molecule has 0 aliphatic carbocycles. The first-order valence-corrected chi connectivity index (χ1v) is 10.4. The van der Waals surface area contributed by atoms with Crippen LogP contribution in [0.4, 0.5) is 11.4 Å². The van der Waals surface area contributed by atoms with Gasteiger partial charge in [-0.15, -0.1) is 0 Å². The molecule has 0 aromatic heterocycles. The van der Waals surface area contributed by atoms with Crippen molar-refractivity contribution in [1.82, 2.24) is 0 Å². The third kappa shape index (κ3) is 6.77. The lowest BCUT2D eigenvalue weighted by atomic mass is 10.1. The molecule has 0 heterocycles. The van der Waals surface area contributed by atoms with Crippen LogP contribution in [0, 0.1) is 11.3 Å². The summed E-state index contributed by atoms with van der Waals surface area (Å²) < 4.78 is 5.25. The number of ether oxygens (including phenoxy) is 1. The van der Waals surface area contributed by atoms with Crippen molar-refractivity contribution in [2.24, 2.45) is 0 Å². The minimum Gasteiger partial charge on any atom is -0.452 e. The van der Waals surface area contributed by atoms with Crippen molar-refractivity contribution in [3.8, 4) is 6.07 Å². The van der Waals surface area contributed by atoms with Crippen molar-refractivity contribution in [3.63, 3.8) is 0 Å². The van der Waals surface area contributed by atoms with E-state index in [-0.39, 0.29) is 30.9 Å². The molecule has 0 unspecified atom stereocenters. The van der Waals surface area contributed by atoms with Crippen molar-refractivity contribution in [3.05, 3.63) is 96.1 Å². The molecule has 33 heavy (non-hydrogen) atoms. The SMILES string of the molecule is N#CCCN(C(=O)COC(=O)c1ccccc1NC(=O)Cc1ccccc1)c1ccccc1. The fourth-order valence-corrected chi connectivity index (χ4v) is 3.20. The number of nitrogens with one attached hydrogen (secondary N) is 1. The summed E-state index contributed by atoms with van der Waals surface area (Å²) in [7, 11) is 0. The van der Waals surface area contributed by atoms with E-state index in [2.05, 4.69) is 5.32 Å². The highest BCUT2D eigenvalue weighted by molar-refractivity contribution is 6.03. The van der Waals surface area contributed by atoms with Crippen LogP contribution < -0.4 is 10.2 Å². The van der Waals surface area contributed by atoms with Crippen LogP contribution in [0.3, 0.4) is 0 Å². The van der Waals surface area contributed by atoms with Crippen LogP contribution in [-0.2, 0) is 20.7 Å². The molecule has 3 rings (SSSR count). The molecule has 0 radical (unpaired) electrons. The van der Waals surface area contributed by atoms with Crippen molar-refractivity contribution < 1.29 is 19.1 Å². The molecule has 7 heteroatoms. The quantitative estimate of drug-likeness (QED) is 0.507. The topological polar surface area (TPSA) is 99.5 Å². The summed E-state index contributed by atoms with van der Waals surface area (Å²) in [5.74, 6) is -1.45. The van der Waals surface area contributed by atoms with Gasteiger partial charge in [0.1, 0.15) is 0 Å². The summed E-state index contributed by atoms with van der Waals surface area (Å²) in [4.78, 5) is 39.2. The Labute approximate surface area is 192 Å². The van der Waals surface area contributed by atoms with E-state index in [1.165, 1.54) is 11.0 Å². The maximum atomic E-state index is 12.7. The molecule has 0 saturated carbocycles. The summed E-state index contributed by atoms with van der Waals surface area (Å²) in [5.41, 5.74) is 1.91. The standard InChI is InChI=1S/C26H23N3O4/c27-16-9-17-29(21-12-5-2-6-13-21)25(31)19-33-26(32)22-14-7-8-15-23(22)28-24(30)18-20-10-3-1-4-11-20/h1-8,10-15H,9,17-19H2,(H,28,30). The number of amides is 2. The van der Waals surface area contributed by atoms with E-state index in [0.717, 1.165) is 5.56 Å². The number of carbonyl (C=O) groups excluding carboxylic acids is 3. The lowest BCUT2D eigenvalue weighted by Gasteiger charge is -2.21. The minimum atomic E-state index is -0.729. The number of benzene rings is 3. The van der Waals surface area contributed by atoms with Gasteiger partial charge in [-0.25, -0.2) is 4.79 Å². The van der Waals surface area contributed by atoms with E-state index >= 15 is 0 Å². The smallest absolute Gasteiger partial charge is 0.340 e. The molecular formula is C26H23N3O4. The Kier molecular flexibility index (Phi) is 8.32. The third-order valence-electron chi connectivity index (χ3n) is 4.77. The van der Waals surface area contributed by atoms with Gasteiger partial charge in [-0.2, -0.15) is 5.26 Å². The van der Waals surface area contributed by atoms with Gasteiger partial charge in [0.25, 0.3) is 5.91 Å². The molecule has 0 spiro atoms. The molecule has 0 aliphatic rings. The van der Waals surface area contributed by atoms with Crippen molar-refractivity contribution in [1.29, 1.82) is 5.26 Å². The maximum Gasteiger partial charge on any atom is 0.340 e. The first-order valence-electron chi connectivity index (χ1n) is 10.4. The van der Waals surface area contributed by atoms with Gasteiger partial charge in [0.05, 0.1) is 30.2 Å². The first kappa shape index (κ1) is 23.2. The van der Waals surface area contributed by atoms with Crippen LogP contribution in [0.5, 0.6) is 0 Å². The summed E-state index contributed by atoms with van der Waals surface area (Å²) in [6.45, 7) is -0.311. The zero-order valence-corrected chi connectivity index (χ0v) is 17.9. The van der Waals surface area contributed by atoms with E-state index in [1.54, 1.807) is 42.5 Å². The molecule has 3 aromatic carbocycles. The van der Waals surface area contributed by atoms with Gasteiger partial charge in [0.15, 0.2) is 6.61 Å². The Morgan fingerprint density at radius 2 is 1.52 bits per heavy atom. The molecule has 3 aromatic rings. The third-order valence-corrected chi connectivity index (χ3v) is 4.77. The van der Waals surface area contributed by atoms with E-state index in [1.807, 2.05) is 42.5 Å². The summed E-state index contributed by atoms with van der Waals surface area (Å²) in [6, 6.07) is 26.6. The van der Waals surface area contributed by atoms with Crippen LogP contribution >= 0.6 is 0 Å². The molecule has 7 nitrogen and oxygen atoms in total. The van der Waals surface area contributed by atoms with Crippen molar-refractivity contribution >= 4 is 29.2 Å². The number of carbonyl (C=O) groups is 3. The molecule has 0 atom stereocenters. The molecule has 0 saturated heterocycles. The van der Waals surface area contributed by atoms with Crippen molar-refractivity contribution in [2.75, 3.05) is 23.4 Å². The Morgan fingerprint density at radius 3 is 2.21 bits per heavy atom. The zero-order chi connectivity index (χ0) is 23.5. The molecule has 0 aliphatic heterocycles. The van der Waals surface area contributed by atoms with E-state index < -0.39 is 18.5 Å². The predicted octanol–water partition coefficient (Wildman–Crippen LogP) is 3.97. The lowest BCUT2D eigenvalue weighted by Crippen LogP contribution is -2.35. The molecule has 1 N–H and O–H groups in total. The van der Waals surface area contributed by atoms with Crippen LogP contribution in [0.15, 0.2) is 84.9 Å². The number of hydrogen-bond acceptors (Lipinski definition) is 5. The lowest BCUT2D eigenvalue weighted by molar-refractivity contribution is -0.121. The number of nitrogens with zero attached hydrogens (tertiary/aromatic N) is 2. The van der Waals surface area contributed by atoms with E-state index in [4.69, 9.17) is 10.00 Å². The van der Waals surface area contributed by atoms with Crippen molar-refractivity contribution in [2.45, 2.75) is 12.8 Å². The van der Waals surface area contributed by atoms with Crippen LogP contribution in [0.25, 0.3) is 0 Å². The molecule has 2 amide bonds. The molecular weight excluding hydrogens is 418 g/mol. The minimum absolute atomic E-state index is 0.144. The molecule has 166 valence electrons. The number of rotatable bonds is 9. The Bertz CT molecular complexity index is 1140. The number of nitriles is 1. The maximum absolute atomic E-state index is 12.7. The van der Waals surface area contributed by atoms with Gasteiger partial charge in [0, 0.05) is 12.2 Å². The largest absolute Gasteiger partial charge is 0.452 e. The predicted molar refractivity (Wildman–Crippen MR) is 125 cm³/mol. The highest BCUT2D eigenvalue weighted by Gasteiger charge is 2.20. The van der Waals surface area contributed by atoms with E-state index in [0.29, 0.717) is 11.4 Å². The molecule has 0 fully saturated rings. The van der Waals surface area contributed by atoms with Gasteiger partial charge < -0.3 is 15.0 Å². The molecule has 0 bridgehead atoms. The Hall–Kier alpha value is -4.44. The van der Waals surface area contributed by atoms with Gasteiger partial charge in [-0.1, -0.05) is 60.7 Å². The Morgan fingerprint density at radius 1 is 0.879 bits per heavy atom. The van der Waals surface area contributed by atoms with Gasteiger partial charge in [-0.3, -0.25) is 9.59 Å². The second-order valence-electron chi connectivity index (χ2n) is 7.12. The highest BCUT2D eigenvalue weighted by Crippen LogP contribution is 2.18. The fraction of sp³-hybridized carbons (Fsp3) is 0.154.